The molecule has 47 heavy (non-hydrogen) atoms. The maximum atomic E-state index is 15.0. The van der Waals surface area contributed by atoms with Crippen LogP contribution in [0.3, 0.4) is 0 Å². The van der Waals surface area contributed by atoms with Gasteiger partial charge in [0.05, 0.1) is 42.6 Å². The second-order valence-electron chi connectivity index (χ2n) is 11.5. The molecule has 2 unspecified atom stereocenters. The second-order valence-corrected chi connectivity index (χ2v) is 11.5. The average molecular weight is 656 g/mol. The summed E-state index contributed by atoms with van der Waals surface area (Å²) < 4.78 is 27.2. The van der Waals surface area contributed by atoms with E-state index in [1.807, 2.05) is 33.8 Å². The Labute approximate surface area is 273 Å². The Balaban J connectivity index is 0.00000294. The Bertz CT molecular complexity index is 1660. The lowest BCUT2D eigenvalue weighted by Gasteiger charge is -2.15. The smallest absolute Gasteiger partial charge is 0.257 e. The summed E-state index contributed by atoms with van der Waals surface area (Å²) in [5, 5.41) is 16.1. The Hall–Kier alpha value is -4.04. The zero-order chi connectivity index (χ0) is 34.8. The topological polar surface area (TPSA) is 175 Å². The highest BCUT2D eigenvalue weighted by molar-refractivity contribution is 5.88. The summed E-state index contributed by atoms with van der Waals surface area (Å²) >= 11 is 0. The van der Waals surface area contributed by atoms with E-state index in [2.05, 4.69) is 10.6 Å². The normalized spacial score (nSPS) is 13.0. The number of unbranched alkanes of at least 4 members (excludes halogenated alkanes) is 1. The molecule has 1 aromatic carbocycles. The molecular weight excluding hydrogens is 609 g/mol. The maximum absolute atomic E-state index is 15.0. The zero-order valence-corrected chi connectivity index (χ0v) is 27.9. The van der Waals surface area contributed by atoms with Gasteiger partial charge < -0.3 is 40.3 Å². The third-order valence-electron chi connectivity index (χ3n) is 8.05. The van der Waals surface area contributed by atoms with Crippen molar-refractivity contribution in [2.24, 2.45) is 11.7 Å². The number of carbonyl (C=O) groups excluding carboxylic acids is 3. The third-order valence-corrected chi connectivity index (χ3v) is 8.05. The van der Waals surface area contributed by atoms with Crippen LogP contribution in [0.4, 0.5) is 4.39 Å². The number of nitrogens with zero attached hydrogens (tertiary/aromatic N) is 2. The number of pyridine rings is 2. The highest BCUT2D eigenvalue weighted by atomic mass is 19.1. The van der Waals surface area contributed by atoms with E-state index in [0.717, 1.165) is 16.5 Å². The summed E-state index contributed by atoms with van der Waals surface area (Å²) in [6.07, 6.45) is 0.746. The molecule has 5 N–H and O–H groups in total. The molecule has 12 nitrogen and oxygen atoms in total. The molecule has 0 radical (unpaired) electrons. The summed E-state index contributed by atoms with van der Waals surface area (Å²) in [4.78, 5) is 53.3. The van der Waals surface area contributed by atoms with Gasteiger partial charge in [-0.2, -0.15) is 0 Å². The van der Waals surface area contributed by atoms with Crippen LogP contribution in [-0.2, 0) is 43.4 Å². The Morgan fingerprint density at radius 3 is 2.55 bits per heavy atom. The summed E-state index contributed by atoms with van der Waals surface area (Å²) in [6, 6.07) is 4.19. The first-order valence-electron chi connectivity index (χ1n) is 15.9. The van der Waals surface area contributed by atoms with Crippen LogP contribution < -0.4 is 21.9 Å². The fraction of sp³-hybridized carbons (Fsp3) is 0.500. The average Bonchev–Trinajstić information content (AvgIpc) is 3.42. The molecule has 0 saturated heterocycles. The van der Waals surface area contributed by atoms with Gasteiger partial charge in [-0.15, -0.1) is 0 Å². The third kappa shape index (κ3) is 8.66. The zero-order valence-electron chi connectivity index (χ0n) is 27.9. The number of hydrogen-bond donors (Lipinski definition) is 4. The van der Waals surface area contributed by atoms with Crippen LogP contribution in [0.1, 0.15) is 74.5 Å². The molecule has 2 aromatic heterocycles. The maximum Gasteiger partial charge on any atom is 0.257 e. The van der Waals surface area contributed by atoms with E-state index in [1.165, 1.54) is 17.7 Å². The number of aliphatic hydroxyl groups excluding tert-OH is 1. The van der Waals surface area contributed by atoms with E-state index in [-0.39, 0.29) is 54.9 Å². The lowest BCUT2D eigenvalue weighted by molar-refractivity contribution is -0.128. The van der Waals surface area contributed by atoms with Gasteiger partial charge in [-0.05, 0) is 55.4 Å². The highest BCUT2D eigenvalue weighted by Gasteiger charge is 2.28. The molecule has 0 saturated carbocycles. The molecule has 1 aliphatic rings. The minimum Gasteiger partial charge on any atom is -0.381 e. The van der Waals surface area contributed by atoms with Gasteiger partial charge in [0.2, 0.25) is 11.8 Å². The number of fused-ring (bicyclic) bond motifs is 4. The predicted molar refractivity (Wildman–Crippen MR) is 176 cm³/mol. The van der Waals surface area contributed by atoms with Crippen molar-refractivity contribution in [3.63, 3.8) is 0 Å². The first kappa shape index (κ1) is 37.4. The molecule has 0 aliphatic carbocycles. The number of aldehydes is 1. The van der Waals surface area contributed by atoms with Crippen molar-refractivity contribution in [3.05, 3.63) is 62.2 Å². The Morgan fingerprint density at radius 2 is 1.89 bits per heavy atom. The molecule has 0 bridgehead atoms. The molecule has 0 fully saturated rings. The number of hydrogen-bond acceptors (Lipinski definition) is 9. The molecule has 1 aliphatic heterocycles. The van der Waals surface area contributed by atoms with E-state index in [1.54, 1.807) is 13.0 Å². The predicted octanol–water partition coefficient (Wildman–Crippen LogP) is 2.79. The minimum atomic E-state index is -1.49. The Kier molecular flexibility index (Phi) is 13.7. The lowest BCUT2D eigenvalue weighted by Crippen LogP contribution is -2.47. The van der Waals surface area contributed by atoms with E-state index in [0.29, 0.717) is 54.6 Å². The summed E-state index contributed by atoms with van der Waals surface area (Å²) in [5.41, 5.74) is 9.21. The fourth-order valence-electron chi connectivity index (χ4n) is 5.38. The van der Waals surface area contributed by atoms with E-state index >= 15 is 4.39 Å². The van der Waals surface area contributed by atoms with Crippen LogP contribution in [0.25, 0.3) is 22.3 Å². The van der Waals surface area contributed by atoms with Crippen molar-refractivity contribution < 1.29 is 33.4 Å². The number of carbonyl (C=O) groups is 3. The number of halogens is 1. The number of benzene rings is 1. The van der Waals surface area contributed by atoms with Gasteiger partial charge in [0, 0.05) is 41.9 Å². The first-order chi connectivity index (χ1) is 22.5. The van der Waals surface area contributed by atoms with E-state index in [9.17, 15) is 24.3 Å². The van der Waals surface area contributed by atoms with Gasteiger partial charge in [0.1, 0.15) is 18.7 Å². The lowest BCUT2D eigenvalue weighted by atomic mass is 9.95. The minimum absolute atomic E-state index is 0.0134. The largest absolute Gasteiger partial charge is 0.381 e. The van der Waals surface area contributed by atoms with Crippen molar-refractivity contribution in [3.8, 4) is 11.4 Å². The summed E-state index contributed by atoms with van der Waals surface area (Å²) in [5.74, 6) is -1.22. The SMILES string of the molecule is CC.COCc1c(C(O)C=O)cc2n(c1=O)Cc1cc3c(CCCCOCNC(=O)CNC(=O)C(N)C(C)C)c(C)c(F)cc3nc1-2. The van der Waals surface area contributed by atoms with Gasteiger partial charge in [0.25, 0.3) is 5.56 Å². The van der Waals surface area contributed by atoms with Crippen LogP contribution in [0.5, 0.6) is 0 Å². The van der Waals surface area contributed by atoms with E-state index < -0.39 is 23.9 Å². The van der Waals surface area contributed by atoms with Crippen LogP contribution in [0.2, 0.25) is 0 Å². The monoisotopic (exact) mass is 655 g/mol. The summed E-state index contributed by atoms with van der Waals surface area (Å²) in [6.45, 7) is 9.69. The van der Waals surface area contributed by atoms with Crippen molar-refractivity contribution in [2.75, 3.05) is 27.0 Å². The second kappa shape index (κ2) is 17.2. The molecule has 2 atom stereocenters. The van der Waals surface area contributed by atoms with Gasteiger partial charge >= 0.3 is 0 Å². The summed E-state index contributed by atoms with van der Waals surface area (Å²) in [7, 11) is 1.43. The molecule has 0 spiro atoms. The molecule has 2 amide bonds. The molecule has 256 valence electrons. The van der Waals surface area contributed by atoms with Crippen LogP contribution in [0, 0.1) is 18.7 Å². The van der Waals surface area contributed by atoms with E-state index in [4.69, 9.17) is 20.2 Å². The number of aromatic nitrogens is 2. The number of ether oxygens (including phenoxy) is 2. The number of aliphatic hydroxyl groups is 1. The van der Waals surface area contributed by atoms with Crippen molar-refractivity contribution in [1.82, 2.24) is 20.2 Å². The molecule has 13 heteroatoms. The van der Waals surface area contributed by atoms with Crippen LogP contribution >= 0.6 is 0 Å². The fourth-order valence-corrected chi connectivity index (χ4v) is 5.38. The van der Waals surface area contributed by atoms with Gasteiger partial charge in [0.15, 0.2) is 6.29 Å². The molecule has 3 aromatic rings. The number of methoxy groups -OCH3 is 1. The number of rotatable bonds is 15. The quantitative estimate of drug-likeness (QED) is 0.0853. The number of amides is 2. The Morgan fingerprint density at radius 1 is 1.17 bits per heavy atom. The van der Waals surface area contributed by atoms with Gasteiger partial charge in [-0.1, -0.05) is 27.7 Å². The van der Waals surface area contributed by atoms with Gasteiger partial charge in [-0.3, -0.25) is 14.4 Å². The molecule has 3 heterocycles. The molecule has 4 rings (SSSR count). The van der Waals surface area contributed by atoms with Crippen LogP contribution in [0.15, 0.2) is 23.0 Å². The van der Waals surface area contributed by atoms with Crippen LogP contribution in [-0.4, -0.2) is 65.8 Å². The van der Waals surface area contributed by atoms with Crippen molar-refractivity contribution in [2.45, 2.75) is 79.2 Å². The number of nitrogens with one attached hydrogen (secondary N) is 2. The molecular formula is C34H46FN5O7. The number of aryl methyl sites for hydroxylation is 1. The van der Waals surface area contributed by atoms with Gasteiger partial charge in [-0.25, -0.2) is 9.37 Å². The first-order valence-corrected chi connectivity index (χ1v) is 15.9. The number of nitrogens with two attached hydrogens (primary N) is 1. The standard InChI is InChI=1S/C32H40FN5O7.C2H6/c1-17(2)29(34)31(42)35-12-28(41)36-16-45-8-6-5-7-20-18(3)24(33)11-25-21(20)9-19-13-38-26(30(19)37-25)10-22(27(40)14-39)23(15-44-4)32(38)43;1-2/h9-11,14,17,27,29,40H,5-8,12-13,15-16,34H2,1-4H3,(H,35,42)(H,36,41);1-2H3. The van der Waals surface area contributed by atoms with Crippen molar-refractivity contribution in [1.29, 1.82) is 0 Å². The van der Waals surface area contributed by atoms with Crippen molar-refractivity contribution >= 4 is 29.0 Å². The highest BCUT2D eigenvalue weighted by Crippen LogP contribution is 2.36.